The highest BCUT2D eigenvalue weighted by molar-refractivity contribution is 5.94. The molecule has 1 spiro atoms. The Bertz CT molecular complexity index is 742. The molecule has 2 aliphatic rings. The summed E-state index contributed by atoms with van der Waals surface area (Å²) in [7, 11) is 0. The largest absolute Gasteiger partial charge is 0.465 e. The van der Waals surface area contributed by atoms with Crippen molar-refractivity contribution >= 4 is 5.91 Å². The molecule has 5 heteroatoms. The third-order valence-electron chi connectivity index (χ3n) is 5.55. The average molecular weight is 339 g/mol. The van der Waals surface area contributed by atoms with E-state index in [1.54, 1.807) is 12.4 Å². The van der Waals surface area contributed by atoms with Crippen molar-refractivity contribution in [3.05, 3.63) is 53.7 Å². The minimum absolute atomic E-state index is 0.118. The second kappa shape index (κ2) is 6.64. The van der Waals surface area contributed by atoms with Crippen molar-refractivity contribution in [2.24, 2.45) is 5.41 Å². The molecular formula is C20H25N3O2. The molecule has 1 amide bonds. The number of pyridine rings is 1. The molecule has 0 aromatic carbocycles. The smallest absolute Gasteiger partial charge is 0.255 e. The van der Waals surface area contributed by atoms with Crippen molar-refractivity contribution in [2.45, 2.75) is 32.7 Å². The maximum absolute atomic E-state index is 12.8. The van der Waals surface area contributed by atoms with Gasteiger partial charge in [-0.2, -0.15) is 0 Å². The maximum Gasteiger partial charge on any atom is 0.255 e. The molecule has 2 saturated heterocycles. The summed E-state index contributed by atoms with van der Waals surface area (Å²) >= 11 is 0. The van der Waals surface area contributed by atoms with Crippen LogP contribution in [0.2, 0.25) is 0 Å². The Hall–Kier alpha value is -2.14. The zero-order valence-corrected chi connectivity index (χ0v) is 14.8. The van der Waals surface area contributed by atoms with Gasteiger partial charge in [0.05, 0.1) is 12.1 Å². The third-order valence-corrected chi connectivity index (χ3v) is 5.55. The van der Waals surface area contributed by atoms with Gasteiger partial charge in [-0.05, 0) is 57.0 Å². The molecule has 2 aromatic heterocycles. The van der Waals surface area contributed by atoms with Gasteiger partial charge in [-0.1, -0.05) is 0 Å². The van der Waals surface area contributed by atoms with E-state index in [-0.39, 0.29) is 11.3 Å². The lowest BCUT2D eigenvalue weighted by molar-refractivity contribution is 0.0524. The molecule has 2 aromatic rings. The molecule has 132 valence electrons. The minimum Gasteiger partial charge on any atom is -0.465 e. The van der Waals surface area contributed by atoms with Gasteiger partial charge in [-0.25, -0.2) is 0 Å². The summed E-state index contributed by atoms with van der Waals surface area (Å²) in [6.07, 6.45) is 6.82. The second-order valence-corrected chi connectivity index (χ2v) is 7.54. The summed E-state index contributed by atoms with van der Waals surface area (Å²) in [6, 6.07) is 7.78. The van der Waals surface area contributed by atoms with E-state index in [1.807, 2.05) is 30.0 Å². The fourth-order valence-corrected chi connectivity index (χ4v) is 4.34. The van der Waals surface area contributed by atoms with Crippen molar-refractivity contribution in [3.63, 3.8) is 0 Å². The lowest BCUT2D eigenvalue weighted by Crippen LogP contribution is -2.47. The number of likely N-dealkylation sites (tertiary alicyclic amines) is 2. The molecule has 0 bridgehead atoms. The standard InChI is InChI=1S/C20H25N3O2/c1-16-5-6-18(25-16)13-22-11-8-20(14-22)7-3-10-23(15-20)19(24)17-4-2-9-21-12-17/h2,4-6,9,12H,3,7-8,10-11,13-15H2,1H3/t20-/m0/s1. The van der Waals surface area contributed by atoms with Crippen LogP contribution >= 0.6 is 0 Å². The number of amides is 1. The van der Waals surface area contributed by atoms with E-state index in [0.29, 0.717) is 5.56 Å². The van der Waals surface area contributed by atoms with Crippen molar-refractivity contribution < 1.29 is 9.21 Å². The van der Waals surface area contributed by atoms with Crippen LogP contribution in [0, 0.1) is 12.3 Å². The van der Waals surface area contributed by atoms with Crippen LogP contribution < -0.4 is 0 Å². The number of carbonyl (C=O) groups is 1. The van der Waals surface area contributed by atoms with Gasteiger partial charge in [0.15, 0.2) is 0 Å². The van der Waals surface area contributed by atoms with Crippen LogP contribution in [0.3, 0.4) is 0 Å². The molecule has 2 fully saturated rings. The number of furan rings is 1. The highest BCUT2D eigenvalue weighted by Crippen LogP contribution is 2.39. The van der Waals surface area contributed by atoms with E-state index in [2.05, 4.69) is 16.0 Å². The Balaban J connectivity index is 1.41. The molecular weight excluding hydrogens is 314 g/mol. The van der Waals surface area contributed by atoms with Gasteiger partial charge in [0, 0.05) is 37.4 Å². The quantitative estimate of drug-likeness (QED) is 0.862. The van der Waals surface area contributed by atoms with Crippen LogP contribution in [0.15, 0.2) is 41.1 Å². The molecule has 4 rings (SSSR count). The Labute approximate surface area is 148 Å². The minimum atomic E-state index is 0.118. The Morgan fingerprint density at radius 1 is 1.24 bits per heavy atom. The lowest BCUT2D eigenvalue weighted by Gasteiger charge is -2.40. The van der Waals surface area contributed by atoms with Gasteiger partial charge in [0.2, 0.25) is 0 Å². The fraction of sp³-hybridized carbons (Fsp3) is 0.500. The SMILES string of the molecule is Cc1ccc(CN2CC[C@@]3(CCCN(C(=O)c4cccnc4)C3)C2)o1. The van der Waals surface area contributed by atoms with E-state index in [4.69, 9.17) is 4.42 Å². The van der Waals surface area contributed by atoms with Crippen molar-refractivity contribution in [3.8, 4) is 0 Å². The first-order valence-electron chi connectivity index (χ1n) is 9.11. The summed E-state index contributed by atoms with van der Waals surface area (Å²) < 4.78 is 5.73. The number of nitrogens with zero attached hydrogens (tertiary/aromatic N) is 3. The summed E-state index contributed by atoms with van der Waals surface area (Å²) in [5, 5.41) is 0. The van der Waals surface area contributed by atoms with Gasteiger partial charge < -0.3 is 9.32 Å². The third kappa shape index (κ3) is 3.47. The van der Waals surface area contributed by atoms with Crippen LogP contribution in [0.4, 0.5) is 0 Å². The Morgan fingerprint density at radius 2 is 2.16 bits per heavy atom. The normalized spacial score (nSPS) is 24.1. The molecule has 0 aliphatic carbocycles. The zero-order chi connectivity index (χ0) is 17.3. The fourth-order valence-electron chi connectivity index (χ4n) is 4.34. The Morgan fingerprint density at radius 3 is 2.92 bits per heavy atom. The molecule has 0 unspecified atom stereocenters. The van der Waals surface area contributed by atoms with Crippen molar-refractivity contribution in [2.75, 3.05) is 26.2 Å². The molecule has 0 saturated carbocycles. The van der Waals surface area contributed by atoms with E-state index in [9.17, 15) is 4.79 Å². The van der Waals surface area contributed by atoms with Gasteiger partial charge in [-0.3, -0.25) is 14.7 Å². The number of hydrogen-bond acceptors (Lipinski definition) is 4. The molecule has 2 aliphatic heterocycles. The highest BCUT2D eigenvalue weighted by Gasteiger charge is 2.42. The first-order chi connectivity index (χ1) is 12.1. The topological polar surface area (TPSA) is 49.6 Å². The van der Waals surface area contributed by atoms with Gasteiger partial charge in [-0.15, -0.1) is 0 Å². The first-order valence-corrected chi connectivity index (χ1v) is 9.11. The van der Waals surface area contributed by atoms with E-state index in [0.717, 1.165) is 57.1 Å². The summed E-state index contributed by atoms with van der Waals surface area (Å²) in [5.74, 6) is 2.12. The summed E-state index contributed by atoms with van der Waals surface area (Å²) in [4.78, 5) is 21.4. The number of hydrogen-bond donors (Lipinski definition) is 0. The van der Waals surface area contributed by atoms with Gasteiger partial charge in [0.1, 0.15) is 11.5 Å². The molecule has 5 nitrogen and oxygen atoms in total. The molecule has 1 atom stereocenters. The number of aromatic nitrogens is 1. The molecule has 4 heterocycles. The van der Waals surface area contributed by atoms with Gasteiger partial charge >= 0.3 is 0 Å². The number of piperidine rings is 1. The monoisotopic (exact) mass is 339 g/mol. The van der Waals surface area contributed by atoms with Gasteiger partial charge in [0.25, 0.3) is 5.91 Å². The number of aryl methyl sites for hydroxylation is 1. The van der Waals surface area contributed by atoms with Crippen LogP contribution in [-0.2, 0) is 6.54 Å². The number of rotatable bonds is 3. The zero-order valence-electron chi connectivity index (χ0n) is 14.8. The van der Waals surface area contributed by atoms with Crippen molar-refractivity contribution in [1.82, 2.24) is 14.8 Å². The van der Waals surface area contributed by atoms with Crippen LogP contribution in [-0.4, -0.2) is 46.9 Å². The summed E-state index contributed by atoms with van der Waals surface area (Å²) in [6.45, 7) is 6.68. The highest BCUT2D eigenvalue weighted by atomic mass is 16.3. The van der Waals surface area contributed by atoms with Crippen LogP contribution in [0.25, 0.3) is 0 Å². The summed E-state index contributed by atoms with van der Waals surface area (Å²) in [5.41, 5.74) is 0.929. The molecule has 0 radical (unpaired) electrons. The average Bonchev–Trinajstić information content (AvgIpc) is 3.21. The maximum atomic E-state index is 12.8. The predicted octanol–water partition coefficient (Wildman–Crippen LogP) is 3.11. The molecule has 0 N–H and O–H groups in total. The predicted molar refractivity (Wildman–Crippen MR) is 95.1 cm³/mol. The Kier molecular flexibility index (Phi) is 4.34. The first kappa shape index (κ1) is 16.3. The lowest BCUT2D eigenvalue weighted by atomic mass is 9.79. The van der Waals surface area contributed by atoms with Crippen molar-refractivity contribution in [1.29, 1.82) is 0 Å². The second-order valence-electron chi connectivity index (χ2n) is 7.54. The van der Waals surface area contributed by atoms with E-state index >= 15 is 0 Å². The number of carbonyl (C=O) groups excluding carboxylic acids is 1. The molecule has 25 heavy (non-hydrogen) atoms. The van der Waals surface area contributed by atoms with E-state index < -0.39 is 0 Å². The van der Waals surface area contributed by atoms with E-state index in [1.165, 1.54) is 6.42 Å². The van der Waals surface area contributed by atoms with Crippen LogP contribution in [0.1, 0.15) is 41.1 Å². The van der Waals surface area contributed by atoms with Crippen LogP contribution in [0.5, 0.6) is 0 Å².